The Morgan fingerprint density at radius 3 is 2.58 bits per heavy atom. The summed E-state index contributed by atoms with van der Waals surface area (Å²) in [6.45, 7) is -1.23. The zero-order chi connectivity index (χ0) is 21.8. The van der Waals surface area contributed by atoms with E-state index in [-0.39, 0.29) is 12.1 Å². The predicted octanol–water partition coefficient (Wildman–Crippen LogP) is 2.77. The fourth-order valence-electron chi connectivity index (χ4n) is 3.51. The van der Waals surface area contributed by atoms with Crippen molar-refractivity contribution in [3.05, 3.63) is 58.9 Å². The number of nitrogens with one attached hydrogen (secondary N) is 2. The van der Waals surface area contributed by atoms with Crippen LogP contribution in [0.15, 0.2) is 47.7 Å². The van der Waals surface area contributed by atoms with Gasteiger partial charge in [0.2, 0.25) is 5.95 Å². The van der Waals surface area contributed by atoms with Crippen LogP contribution in [0.3, 0.4) is 0 Å². The van der Waals surface area contributed by atoms with Gasteiger partial charge in [0.15, 0.2) is 5.75 Å². The second-order valence-corrected chi connectivity index (χ2v) is 7.25. The maximum absolute atomic E-state index is 12.4. The van der Waals surface area contributed by atoms with Gasteiger partial charge in [-0.05, 0) is 50.5 Å². The highest BCUT2D eigenvalue weighted by molar-refractivity contribution is 5.42. The lowest BCUT2D eigenvalue weighted by Crippen LogP contribution is -2.23. The predicted molar refractivity (Wildman–Crippen MR) is 110 cm³/mol. The summed E-state index contributed by atoms with van der Waals surface area (Å²) in [5, 5.41) is 14.7. The molecule has 4 rings (SSSR count). The van der Waals surface area contributed by atoms with Crippen molar-refractivity contribution >= 4 is 11.8 Å². The van der Waals surface area contributed by atoms with Crippen molar-refractivity contribution in [3.8, 4) is 11.4 Å². The molecule has 0 amide bonds. The molecule has 2 N–H and O–H groups in total. The molecule has 11 heteroatoms. The molecule has 2 atom stereocenters. The Morgan fingerprint density at radius 1 is 1.10 bits per heavy atom. The number of aryl methyl sites for hydroxylation is 1. The third-order valence-corrected chi connectivity index (χ3v) is 4.95. The molecule has 0 aliphatic heterocycles. The van der Waals surface area contributed by atoms with Crippen molar-refractivity contribution in [2.75, 3.05) is 10.6 Å². The van der Waals surface area contributed by atoms with Crippen molar-refractivity contribution in [3.63, 3.8) is 0 Å². The van der Waals surface area contributed by atoms with Crippen molar-refractivity contribution in [1.82, 2.24) is 24.7 Å². The number of hydrogen-bond acceptors (Lipinski definition) is 8. The highest BCUT2D eigenvalue weighted by Crippen LogP contribution is 2.24. The number of halogens is 2. The van der Waals surface area contributed by atoms with Gasteiger partial charge in [-0.25, -0.2) is 9.97 Å². The lowest BCUT2D eigenvalue weighted by molar-refractivity contribution is -0.0509. The molecular formula is C20H21F2N7O2. The topological polar surface area (TPSA) is 107 Å². The highest BCUT2D eigenvalue weighted by Gasteiger charge is 2.25. The van der Waals surface area contributed by atoms with Gasteiger partial charge in [0.1, 0.15) is 5.82 Å². The Hall–Kier alpha value is -3.63. The summed E-state index contributed by atoms with van der Waals surface area (Å²) in [5.74, 6) is 0.759. The van der Waals surface area contributed by atoms with Crippen LogP contribution in [-0.2, 0) is 0 Å². The molecule has 1 aliphatic rings. The first kappa shape index (κ1) is 20.6. The molecular weight excluding hydrogens is 408 g/mol. The maximum atomic E-state index is 12.4. The first-order valence-electron chi connectivity index (χ1n) is 9.80. The number of hydrogen-bond donors (Lipinski definition) is 2. The van der Waals surface area contributed by atoms with Gasteiger partial charge < -0.3 is 15.4 Å². The van der Waals surface area contributed by atoms with Gasteiger partial charge >= 0.3 is 6.61 Å². The summed E-state index contributed by atoms with van der Waals surface area (Å²) in [4.78, 5) is 20.9. The minimum atomic E-state index is -3.06. The van der Waals surface area contributed by atoms with Crippen LogP contribution in [0, 0.1) is 6.92 Å². The van der Waals surface area contributed by atoms with E-state index in [1.165, 1.54) is 29.1 Å². The van der Waals surface area contributed by atoms with E-state index >= 15 is 0 Å². The molecule has 0 saturated heterocycles. The van der Waals surface area contributed by atoms with E-state index in [0.29, 0.717) is 17.5 Å². The van der Waals surface area contributed by atoms with E-state index in [9.17, 15) is 13.6 Å². The smallest absolute Gasteiger partial charge is 0.387 e. The summed E-state index contributed by atoms with van der Waals surface area (Å²) in [6.07, 6.45) is 7.43. The van der Waals surface area contributed by atoms with Crippen LogP contribution in [0.2, 0.25) is 0 Å². The molecule has 1 fully saturated rings. The average molecular weight is 429 g/mol. The van der Waals surface area contributed by atoms with Gasteiger partial charge in [-0.3, -0.25) is 9.36 Å². The van der Waals surface area contributed by atoms with Crippen LogP contribution < -0.4 is 20.9 Å². The maximum Gasteiger partial charge on any atom is 0.387 e. The number of aromatic nitrogens is 5. The summed E-state index contributed by atoms with van der Waals surface area (Å²) in [6, 6.07) is 6.56. The lowest BCUT2D eigenvalue weighted by atomic mass is 10.2. The lowest BCUT2D eigenvalue weighted by Gasteiger charge is -2.15. The molecule has 3 aromatic rings. The van der Waals surface area contributed by atoms with Crippen LogP contribution in [-0.4, -0.2) is 43.4 Å². The van der Waals surface area contributed by atoms with E-state index < -0.39 is 17.9 Å². The number of alkyl halides is 2. The Labute approximate surface area is 176 Å². The normalized spacial score (nSPS) is 18.2. The summed E-state index contributed by atoms with van der Waals surface area (Å²) >= 11 is 0. The number of nitrogens with zero attached hydrogens (tertiary/aromatic N) is 5. The third-order valence-electron chi connectivity index (χ3n) is 4.95. The van der Waals surface area contributed by atoms with Gasteiger partial charge in [-0.1, -0.05) is 0 Å². The number of anilines is 2. The number of pyridine rings is 2. The minimum absolute atomic E-state index is 0.222. The first-order chi connectivity index (χ1) is 15.0. The van der Waals surface area contributed by atoms with E-state index in [2.05, 4.69) is 35.5 Å². The molecule has 0 bridgehead atoms. The Balaban J connectivity index is 1.37. The fraction of sp³-hybridized carbons (Fsp3) is 0.350. The minimum Gasteiger partial charge on any atom is -0.429 e. The van der Waals surface area contributed by atoms with Crippen LogP contribution in [0.25, 0.3) is 5.69 Å². The van der Waals surface area contributed by atoms with Gasteiger partial charge in [-0.15, -0.1) is 5.10 Å². The van der Waals surface area contributed by atoms with E-state index in [1.54, 1.807) is 18.3 Å². The summed E-state index contributed by atoms with van der Waals surface area (Å²) < 4.78 is 30.4. The Morgan fingerprint density at radius 2 is 1.90 bits per heavy atom. The summed E-state index contributed by atoms with van der Waals surface area (Å²) in [5.41, 5.74) is 0.537. The molecule has 162 valence electrons. The quantitative estimate of drug-likeness (QED) is 0.591. The molecule has 3 heterocycles. The van der Waals surface area contributed by atoms with E-state index in [1.807, 2.05) is 6.92 Å². The average Bonchev–Trinajstić information content (AvgIpc) is 3.18. The third kappa shape index (κ3) is 5.11. The molecule has 3 aromatic heterocycles. The van der Waals surface area contributed by atoms with E-state index in [4.69, 9.17) is 0 Å². The van der Waals surface area contributed by atoms with Crippen LogP contribution in [0.4, 0.5) is 20.5 Å². The van der Waals surface area contributed by atoms with Gasteiger partial charge in [0.25, 0.3) is 5.56 Å². The van der Waals surface area contributed by atoms with Crippen molar-refractivity contribution in [2.45, 2.75) is 44.9 Å². The van der Waals surface area contributed by atoms with Crippen molar-refractivity contribution in [1.29, 1.82) is 0 Å². The standard InChI is InChI=1S/C20H21F2N7O2/c1-12-10-24-20(28-27-12)26-14-5-4-13(9-14)25-17-7-6-15(11-23-17)29-8-2-3-16(18(29)30)31-19(21)22/h2-3,6-8,10-11,13-14,19H,4-5,9H2,1H3,(H,23,25)(H,24,26,28)/t13-,14-/m0/s1. The zero-order valence-corrected chi connectivity index (χ0v) is 16.7. The molecule has 0 unspecified atom stereocenters. The monoisotopic (exact) mass is 429 g/mol. The fourth-order valence-corrected chi connectivity index (χ4v) is 3.51. The van der Waals surface area contributed by atoms with Crippen LogP contribution in [0.1, 0.15) is 25.0 Å². The molecule has 0 radical (unpaired) electrons. The molecule has 1 saturated carbocycles. The Kier molecular flexibility index (Phi) is 6.01. The van der Waals surface area contributed by atoms with Crippen LogP contribution in [0.5, 0.6) is 5.75 Å². The van der Waals surface area contributed by atoms with Gasteiger partial charge in [0, 0.05) is 18.3 Å². The van der Waals surface area contributed by atoms with Crippen molar-refractivity contribution < 1.29 is 13.5 Å². The summed E-state index contributed by atoms with van der Waals surface area (Å²) in [7, 11) is 0. The SMILES string of the molecule is Cc1cnc(N[C@H]2CC[C@H](Nc3ccc(-n4cccc(OC(F)F)c4=O)cn3)C2)nn1. The molecule has 1 aliphatic carbocycles. The van der Waals surface area contributed by atoms with Crippen LogP contribution >= 0.6 is 0 Å². The zero-order valence-electron chi connectivity index (χ0n) is 16.7. The van der Waals surface area contributed by atoms with Gasteiger partial charge in [-0.2, -0.15) is 13.9 Å². The molecule has 0 spiro atoms. The second-order valence-electron chi connectivity index (χ2n) is 7.25. The number of ether oxygens (including phenoxy) is 1. The highest BCUT2D eigenvalue weighted by atomic mass is 19.3. The van der Waals surface area contributed by atoms with Crippen molar-refractivity contribution in [2.24, 2.45) is 0 Å². The van der Waals surface area contributed by atoms with E-state index in [0.717, 1.165) is 25.0 Å². The Bertz CT molecular complexity index is 1070. The van der Waals surface area contributed by atoms with Gasteiger partial charge in [0.05, 0.1) is 23.8 Å². The largest absolute Gasteiger partial charge is 0.429 e. The molecule has 0 aromatic carbocycles. The molecule has 9 nitrogen and oxygen atoms in total. The second kappa shape index (κ2) is 9.02. The molecule has 31 heavy (non-hydrogen) atoms. The number of rotatable bonds is 7. The first-order valence-corrected chi connectivity index (χ1v) is 9.80.